The molecule has 0 aromatic rings. The van der Waals surface area contributed by atoms with Crippen LogP contribution >= 0.6 is 0 Å². The fraction of sp³-hybridized carbons (Fsp3) is 0.814. The average Bonchev–Trinajstić information content (AvgIpc) is 2.95. The van der Waals surface area contributed by atoms with Crippen molar-refractivity contribution >= 4 is 0 Å². The summed E-state index contributed by atoms with van der Waals surface area (Å²) in [5.74, 6) is 2.37. The third-order valence-electron chi connectivity index (χ3n) is 11.5. The SMILES string of the molecule is [CH2-][NH+]1CC(C(C)C)C1.[CH2-][NH+]1CC(C)(C)C1.[CH2-][NH+]1CC(C)C1.[CH2-][NH+]1CC(CC)C1.[CH2-][NH+]1CC(CCC)C1.[CH2-][NH+]1CC(F)(F)C1.[CH2-][NH+]1CC(F)C1.[CH2-][NH+]1CCC1. The first kappa shape index (κ1) is 51.5. The van der Waals surface area contributed by atoms with Crippen LogP contribution in [0.1, 0.15) is 74.1 Å². The van der Waals surface area contributed by atoms with Crippen LogP contribution < -0.4 is 39.2 Å². The van der Waals surface area contributed by atoms with Crippen LogP contribution in [0, 0.1) is 91.4 Å². The molecule has 0 spiro atoms. The summed E-state index contributed by atoms with van der Waals surface area (Å²) in [5.41, 5.74) is 0.594. The molecule has 8 heterocycles. The molecule has 11 heteroatoms. The monoisotopic (exact) mass is 777 g/mol. The van der Waals surface area contributed by atoms with Gasteiger partial charge in [0.15, 0.2) is 6.17 Å². The van der Waals surface area contributed by atoms with Gasteiger partial charge >= 0.3 is 5.92 Å². The third-order valence-corrected chi connectivity index (χ3v) is 11.5. The molecule has 0 aromatic carbocycles. The van der Waals surface area contributed by atoms with Gasteiger partial charge in [0.1, 0.15) is 13.1 Å². The quantitative estimate of drug-likeness (QED) is 0.135. The number of hydrogen-bond acceptors (Lipinski definition) is 0. The topological polar surface area (TPSA) is 35.5 Å². The van der Waals surface area contributed by atoms with Gasteiger partial charge in [-0.1, -0.05) is 41.0 Å². The Labute approximate surface area is 334 Å². The van der Waals surface area contributed by atoms with Gasteiger partial charge < -0.3 is 39.2 Å². The van der Waals surface area contributed by atoms with Crippen molar-refractivity contribution in [3.05, 3.63) is 56.4 Å². The van der Waals surface area contributed by atoms with Gasteiger partial charge in [-0.15, -0.1) is 0 Å². The van der Waals surface area contributed by atoms with E-state index in [0.29, 0.717) is 23.4 Å². The standard InChI is InChI=1S/2C7H15N.2C6H13N.C5H11N.C4H7F2N.C4H8FN.C4H9N/c1-6(2)7-4-8(3)5-7;1-3-4-7-5-8(2)6-7;1-6(2)4-7(3)5-6;1-3-6-4-7(2)5-6;1-5-3-6(2)4-5;1-7-2-4(5,6)3-7;1-6-2-4(5)3-6;1-5-3-2-4-5/h6-8H,3-5H2,1-2H3;7-8H,2-6H2,1H3;7H,3-5H2,1-2H3;6-7H,2-5H2,1H3;5-6H,2-4H2,1H3;7H,1-3H2;4,6H,1-3H2;5H,1-4H2. The van der Waals surface area contributed by atoms with Crippen molar-refractivity contribution < 1.29 is 52.4 Å². The zero-order valence-corrected chi connectivity index (χ0v) is 36.4. The molecule has 0 atom stereocenters. The molecule has 54 heavy (non-hydrogen) atoms. The highest BCUT2D eigenvalue weighted by molar-refractivity contribution is 4.72. The van der Waals surface area contributed by atoms with Crippen LogP contribution in [0.25, 0.3) is 0 Å². The smallest absolute Gasteiger partial charge is 0.338 e. The molecule has 8 saturated heterocycles. The van der Waals surface area contributed by atoms with E-state index in [9.17, 15) is 13.2 Å². The highest BCUT2D eigenvalue weighted by Crippen LogP contribution is 2.14. The van der Waals surface area contributed by atoms with Crippen molar-refractivity contribution in [2.45, 2.75) is 86.2 Å². The van der Waals surface area contributed by atoms with Crippen molar-refractivity contribution in [3.63, 3.8) is 0 Å². The van der Waals surface area contributed by atoms with E-state index in [2.05, 4.69) is 105 Å². The lowest BCUT2D eigenvalue weighted by Gasteiger charge is -2.44. The first-order valence-corrected chi connectivity index (χ1v) is 21.4. The number of likely N-dealkylation sites (tertiary alicyclic amines) is 8. The molecule has 8 aliphatic heterocycles. The largest absolute Gasteiger partial charge is 0.467 e. The van der Waals surface area contributed by atoms with Crippen LogP contribution in [0.15, 0.2) is 0 Å². The number of hydrogen-bond donors (Lipinski definition) is 8. The van der Waals surface area contributed by atoms with Crippen LogP contribution in [0.5, 0.6) is 0 Å². The van der Waals surface area contributed by atoms with Crippen LogP contribution in [0.4, 0.5) is 13.2 Å². The Morgan fingerprint density at radius 3 is 1.06 bits per heavy atom. The second-order valence-corrected chi connectivity index (χ2v) is 19.3. The summed E-state index contributed by atoms with van der Waals surface area (Å²) >= 11 is 0. The Kier molecular flexibility index (Phi) is 24.6. The molecule has 0 radical (unpaired) electrons. The van der Waals surface area contributed by atoms with Gasteiger partial charge in [0.25, 0.3) is 0 Å². The highest BCUT2D eigenvalue weighted by Gasteiger charge is 2.43. The van der Waals surface area contributed by atoms with Gasteiger partial charge in [-0.3, -0.25) is 0 Å². The van der Waals surface area contributed by atoms with Gasteiger partial charge in [0.05, 0.1) is 115 Å². The van der Waals surface area contributed by atoms with Crippen LogP contribution in [-0.4, -0.2) is 117 Å². The van der Waals surface area contributed by atoms with Crippen molar-refractivity contribution in [1.29, 1.82) is 0 Å². The summed E-state index contributed by atoms with van der Waals surface area (Å²) in [5, 5.41) is 0. The van der Waals surface area contributed by atoms with Crippen molar-refractivity contribution in [2.75, 3.05) is 105 Å². The zero-order valence-electron chi connectivity index (χ0n) is 36.4. The van der Waals surface area contributed by atoms with E-state index in [4.69, 9.17) is 0 Å². The number of alkyl halides is 3. The summed E-state index contributed by atoms with van der Waals surface area (Å²) in [4.78, 5) is 10.4. The lowest BCUT2D eigenvalue weighted by molar-refractivity contribution is -0.923. The summed E-state index contributed by atoms with van der Waals surface area (Å²) in [7, 11) is 30.0. The number of quaternary nitrogens is 8. The van der Waals surface area contributed by atoms with E-state index in [1.54, 1.807) is 0 Å². The Bertz CT molecular complexity index is 855. The van der Waals surface area contributed by atoms with Gasteiger partial charge in [-0.25, -0.2) is 4.39 Å². The predicted octanol–water partition coefficient (Wildman–Crippen LogP) is -3.85. The summed E-state index contributed by atoms with van der Waals surface area (Å²) in [6.45, 7) is 32.4. The normalized spacial score (nSPS) is 36.3. The van der Waals surface area contributed by atoms with Crippen molar-refractivity contribution in [3.8, 4) is 0 Å². The van der Waals surface area contributed by atoms with Crippen LogP contribution in [-0.2, 0) is 0 Å². The van der Waals surface area contributed by atoms with Gasteiger partial charge in [-0.2, -0.15) is 65.2 Å². The second kappa shape index (κ2) is 25.8. The fourth-order valence-corrected chi connectivity index (χ4v) is 7.47. The van der Waals surface area contributed by atoms with E-state index in [-0.39, 0.29) is 13.1 Å². The maximum absolute atomic E-state index is 11.7. The Hall–Kier alpha value is -0.530. The molecule has 8 N–H and O–H groups in total. The molecule has 8 nitrogen and oxygen atoms in total. The number of halogens is 3. The van der Waals surface area contributed by atoms with Gasteiger partial charge in [0, 0.05) is 12.3 Å². The molecule has 8 rings (SSSR count). The summed E-state index contributed by atoms with van der Waals surface area (Å²) in [6, 6.07) is 0. The maximum Gasteiger partial charge on any atom is 0.338 e. The van der Waals surface area contributed by atoms with E-state index < -0.39 is 12.1 Å². The lowest BCUT2D eigenvalue weighted by Crippen LogP contribution is -3.18. The molecule has 0 saturated carbocycles. The lowest BCUT2D eigenvalue weighted by atomic mass is 9.85. The average molecular weight is 777 g/mol. The molecule has 0 aliphatic carbocycles. The molecule has 0 unspecified atom stereocenters. The molecular weight excluding hydrogens is 686 g/mol. The van der Waals surface area contributed by atoms with Gasteiger partial charge in [-0.05, 0) is 32.6 Å². The second-order valence-electron chi connectivity index (χ2n) is 19.3. The van der Waals surface area contributed by atoms with E-state index in [1.807, 2.05) is 0 Å². The van der Waals surface area contributed by atoms with Crippen molar-refractivity contribution in [2.24, 2.45) is 35.0 Å². The molecule has 8 fully saturated rings. The summed E-state index contributed by atoms with van der Waals surface area (Å²) < 4.78 is 35.2. The molecule has 0 aromatic heterocycles. The summed E-state index contributed by atoms with van der Waals surface area (Å²) in [6.07, 6.45) is 4.94. The highest BCUT2D eigenvalue weighted by atomic mass is 19.3. The zero-order chi connectivity index (χ0) is 41.2. The molecule has 0 amide bonds. The Morgan fingerprint density at radius 2 is 0.963 bits per heavy atom. The van der Waals surface area contributed by atoms with Crippen LogP contribution in [0.3, 0.4) is 0 Å². The minimum atomic E-state index is -2.41. The minimum Gasteiger partial charge on any atom is -0.467 e. The van der Waals surface area contributed by atoms with Crippen LogP contribution in [0.2, 0.25) is 0 Å². The third kappa shape index (κ3) is 23.6. The van der Waals surface area contributed by atoms with Crippen molar-refractivity contribution in [1.82, 2.24) is 0 Å². The first-order chi connectivity index (χ1) is 25.0. The predicted molar refractivity (Wildman–Crippen MR) is 216 cm³/mol. The number of rotatable bonds is 4. The van der Waals surface area contributed by atoms with E-state index in [1.165, 1.54) is 134 Å². The van der Waals surface area contributed by atoms with E-state index in [0.717, 1.165) is 34.5 Å². The number of nitrogens with one attached hydrogen (secondary N) is 8. The minimum absolute atomic E-state index is 0.0903. The maximum atomic E-state index is 11.7. The van der Waals surface area contributed by atoms with Gasteiger partial charge in [0.2, 0.25) is 0 Å². The molecule has 324 valence electrons. The Balaban J connectivity index is 0.000000310. The molecular formula is C43H91F3N8. The Morgan fingerprint density at radius 1 is 0.574 bits per heavy atom. The molecule has 0 bridgehead atoms. The molecule has 8 aliphatic rings. The van der Waals surface area contributed by atoms with E-state index >= 15 is 0 Å². The first-order valence-electron chi connectivity index (χ1n) is 21.4. The fourth-order valence-electron chi connectivity index (χ4n) is 7.47.